The maximum atomic E-state index is 11.0. The third-order valence-corrected chi connectivity index (χ3v) is 2.92. The van der Waals surface area contributed by atoms with E-state index in [1.54, 1.807) is 19.1 Å². The lowest BCUT2D eigenvalue weighted by molar-refractivity contribution is 0.152. The molecular weight excluding hydrogens is 303 g/mol. The number of carbonyl (C=O) groups excluding carboxylic acids is 1. The lowest BCUT2D eigenvalue weighted by atomic mass is 10.1. The highest BCUT2D eigenvalue weighted by atomic mass is 35.5. The summed E-state index contributed by atoms with van der Waals surface area (Å²) in [6.07, 6.45) is 2.72. The highest BCUT2D eigenvalue weighted by molar-refractivity contribution is 6.36. The summed E-state index contributed by atoms with van der Waals surface area (Å²) in [6, 6.07) is 3.37. The molecule has 0 aliphatic carbocycles. The van der Waals surface area contributed by atoms with Crippen molar-refractivity contribution in [2.75, 3.05) is 13.2 Å². The summed E-state index contributed by atoms with van der Waals surface area (Å²) in [6.45, 7) is 2.31. The van der Waals surface area contributed by atoms with Crippen molar-refractivity contribution < 1.29 is 14.3 Å². The Balaban J connectivity index is 2.09. The first-order valence-electron chi connectivity index (χ1n) is 5.88. The Bertz CT molecular complexity index is 585. The van der Waals surface area contributed by atoms with Crippen LogP contribution in [0.25, 0.3) is 6.08 Å². The SMILES string of the molecule is CCOC(=O)N/N=C\C1=Cc2cc(Cl)cc(Cl)c2OC1. The van der Waals surface area contributed by atoms with E-state index >= 15 is 0 Å². The maximum Gasteiger partial charge on any atom is 0.427 e. The first-order chi connectivity index (χ1) is 9.60. The number of ether oxygens (including phenoxy) is 2. The number of hydrogen-bond donors (Lipinski definition) is 1. The normalized spacial score (nSPS) is 13.4. The van der Waals surface area contributed by atoms with E-state index in [2.05, 4.69) is 15.3 Å². The molecule has 7 heteroatoms. The summed E-state index contributed by atoms with van der Waals surface area (Å²) < 4.78 is 10.2. The fraction of sp³-hybridized carbons (Fsp3) is 0.231. The largest absolute Gasteiger partial charge is 0.487 e. The van der Waals surface area contributed by atoms with Crippen molar-refractivity contribution in [1.29, 1.82) is 0 Å². The number of nitrogens with one attached hydrogen (secondary N) is 1. The fourth-order valence-electron chi connectivity index (χ4n) is 1.64. The van der Waals surface area contributed by atoms with Gasteiger partial charge in [0, 0.05) is 16.2 Å². The number of hydrogen-bond acceptors (Lipinski definition) is 4. The monoisotopic (exact) mass is 314 g/mol. The van der Waals surface area contributed by atoms with Crippen LogP contribution in [0.5, 0.6) is 5.75 Å². The Kier molecular flexibility index (Phi) is 4.87. The minimum absolute atomic E-state index is 0.289. The Labute approximate surface area is 126 Å². The number of fused-ring (bicyclic) bond motifs is 1. The van der Waals surface area contributed by atoms with Crippen molar-refractivity contribution in [2.24, 2.45) is 5.10 Å². The van der Waals surface area contributed by atoms with Gasteiger partial charge in [-0.2, -0.15) is 5.10 Å². The third kappa shape index (κ3) is 3.65. The predicted molar refractivity (Wildman–Crippen MR) is 78.6 cm³/mol. The van der Waals surface area contributed by atoms with Crippen LogP contribution in [0.2, 0.25) is 10.0 Å². The van der Waals surface area contributed by atoms with Gasteiger partial charge in [0.2, 0.25) is 0 Å². The van der Waals surface area contributed by atoms with Crippen LogP contribution < -0.4 is 10.2 Å². The van der Waals surface area contributed by atoms with Crippen LogP contribution in [0.3, 0.4) is 0 Å². The van der Waals surface area contributed by atoms with E-state index in [4.69, 9.17) is 27.9 Å². The van der Waals surface area contributed by atoms with E-state index in [9.17, 15) is 4.79 Å². The highest BCUT2D eigenvalue weighted by Crippen LogP contribution is 2.36. The lowest BCUT2D eigenvalue weighted by Crippen LogP contribution is -2.19. The van der Waals surface area contributed by atoms with E-state index in [1.165, 1.54) is 6.21 Å². The fourth-order valence-corrected chi connectivity index (χ4v) is 2.21. The molecule has 1 amide bonds. The van der Waals surface area contributed by atoms with Gasteiger partial charge >= 0.3 is 6.09 Å². The summed E-state index contributed by atoms with van der Waals surface area (Å²) in [5, 5.41) is 4.75. The lowest BCUT2D eigenvalue weighted by Gasteiger charge is -2.17. The van der Waals surface area contributed by atoms with Gasteiger partial charge < -0.3 is 9.47 Å². The van der Waals surface area contributed by atoms with Crippen molar-refractivity contribution in [2.45, 2.75) is 6.92 Å². The molecular formula is C13H12Cl2N2O3. The number of hydrazone groups is 1. The number of nitrogens with zero attached hydrogens (tertiary/aromatic N) is 1. The summed E-state index contributed by atoms with van der Waals surface area (Å²) in [5.74, 6) is 0.589. The van der Waals surface area contributed by atoms with E-state index in [0.29, 0.717) is 22.4 Å². The topological polar surface area (TPSA) is 59.9 Å². The number of amides is 1. The van der Waals surface area contributed by atoms with Gasteiger partial charge in [-0.05, 0) is 25.1 Å². The third-order valence-electron chi connectivity index (χ3n) is 2.42. The van der Waals surface area contributed by atoms with Crippen LogP contribution in [0.1, 0.15) is 12.5 Å². The van der Waals surface area contributed by atoms with Gasteiger partial charge in [0.25, 0.3) is 0 Å². The summed E-state index contributed by atoms with van der Waals surface area (Å²) >= 11 is 12.0. The van der Waals surface area contributed by atoms with Gasteiger partial charge in [-0.1, -0.05) is 23.2 Å². The summed E-state index contributed by atoms with van der Waals surface area (Å²) in [4.78, 5) is 11.0. The molecule has 0 atom stereocenters. The van der Waals surface area contributed by atoms with Crippen molar-refractivity contribution in [3.8, 4) is 5.75 Å². The van der Waals surface area contributed by atoms with Gasteiger partial charge in [-0.3, -0.25) is 0 Å². The number of benzene rings is 1. The predicted octanol–water partition coefficient (Wildman–Crippen LogP) is 3.50. The molecule has 0 saturated heterocycles. The second-order valence-electron chi connectivity index (χ2n) is 3.90. The Morgan fingerprint density at radius 1 is 1.55 bits per heavy atom. The van der Waals surface area contributed by atoms with Gasteiger partial charge in [0.05, 0.1) is 17.8 Å². The molecule has 0 saturated carbocycles. The minimum Gasteiger partial charge on any atom is -0.487 e. The Morgan fingerprint density at radius 3 is 3.10 bits per heavy atom. The average molecular weight is 315 g/mol. The molecule has 1 aliphatic rings. The van der Waals surface area contributed by atoms with Crippen molar-refractivity contribution in [1.82, 2.24) is 5.43 Å². The average Bonchev–Trinajstić information content (AvgIpc) is 2.38. The van der Waals surface area contributed by atoms with E-state index in [0.717, 1.165) is 11.1 Å². The van der Waals surface area contributed by atoms with Crippen LogP contribution in [0.15, 0.2) is 22.8 Å². The molecule has 1 aromatic carbocycles. The number of rotatable bonds is 3. The quantitative estimate of drug-likeness (QED) is 0.686. The molecule has 1 N–H and O–H groups in total. The van der Waals surface area contributed by atoms with Crippen molar-refractivity contribution >= 4 is 41.6 Å². The van der Waals surface area contributed by atoms with Crippen LogP contribution >= 0.6 is 23.2 Å². The Morgan fingerprint density at radius 2 is 2.35 bits per heavy atom. The van der Waals surface area contributed by atoms with E-state index in [-0.39, 0.29) is 6.61 Å². The molecule has 0 bridgehead atoms. The molecule has 1 aliphatic heterocycles. The molecule has 1 heterocycles. The molecule has 0 radical (unpaired) electrons. The molecule has 5 nitrogen and oxygen atoms in total. The minimum atomic E-state index is -0.604. The number of carbonyl (C=O) groups is 1. The zero-order valence-corrected chi connectivity index (χ0v) is 12.2. The zero-order valence-electron chi connectivity index (χ0n) is 10.7. The second kappa shape index (κ2) is 6.63. The van der Waals surface area contributed by atoms with Gasteiger partial charge in [-0.15, -0.1) is 0 Å². The van der Waals surface area contributed by atoms with Crippen LogP contribution in [-0.2, 0) is 4.74 Å². The van der Waals surface area contributed by atoms with E-state index in [1.807, 2.05) is 6.08 Å². The highest BCUT2D eigenvalue weighted by Gasteiger charge is 2.14. The van der Waals surface area contributed by atoms with E-state index < -0.39 is 6.09 Å². The summed E-state index contributed by atoms with van der Waals surface area (Å²) in [5.41, 5.74) is 3.78. The standard InChI is InChI=1S/C13H12Cl2N2O3/c1-2-19-13(18)17-16-6-8-3-9-4-10(14)5-11(15)12(9)20-7-8/h3-6H,2,7H2,1H3,(H,17,18)/b16-6-. The van der Waals surface area contributed by atoms with Gasteiger partial charge in [-0.25, -0.2) is 10.2 Å². The molecule has 0 fully saturated rings. The first kappa shape index (κ1) is 14.7. The molecule has 106 valence electrons. The second-order valence-corrected chi connectivity index (χ2v) is 4.75. The molecule has 0 unspecified atom stereocenters. The van der Waals surface area contributed by atoms with Crippen LogP contribution in [0.4, 0.5) is 4.79 Å². The van der Waals surface area contributed by atoms with Crippen LogP contribution in [0, 0.1) is 0 Å². The zero-order chi connectivity index (χ0) is 14.5. The maximum absolute atomic E-state index is 11.0. The molecule has 2 rings (SSSR count). The Hall–Kier alpha value is -1.72. The van der Waals surface area contributed by atoms with Crippen molar-refractivity contribution in [3.63, 3.8) is 0 Å². The molecule has 20 heavy (non-hydrogen) atoms. The first-order valence-corrected chi connectivity index (χ1v) is 6.64. The van der Waals surface area contributed by atoms with Crippen molar-refractivity contribution in [3.05, 3.63) is 33.3 Å². The molecule has 0 spiro atoms. The molecule has 1 aromatic rings. The summed E-state index contributed by atoms with van der Waals surface area (Å²) in [7, 11) is 0. The molecule has 0 aromatic heterocycles. The van der Waals surface area contributed by atoms with Gasteiger partial charge in [0.1, 0.15) is 12.4 Å². The number of halogens is 2. The van der Waals surface area contributed by atoms with Crippen LogP contribution in [-0.4, -0.2) is 25.5 Å². The van der Waals surface area contributed by atoms with Gasteiger partial charge in [0.15, 0.2) is 0 Å². The smallest absolute Gasteiger partial charge is 0.427 e.